The Morgan fingerprint density at radius 3 is 2.86 bits per heavy atom. The Morgan fingerprint density at radius 2 is 2.21 bits per heavy atom. The fourth-order valence-electron chi connectivity index (χ4n) is 1.11. The zero-order chi connectivity index (χ0) is 10.4. The molecule has 0 fully saturated rings. The Balaban J connectivity index is 2.44. The minimum atomic E-state index is 0.544. The van der Waals surface area contributed by atoms with E-state index in [0.29, 0.717) is 6.04 Å². The molecule has 0 bridgehead atoms. The molecule has 0 atom stereocenters. The van der Waals surface area contributed by atoms with Crippen molar-refractivity contribution in [2.45, 2.75) is 19.9 Å². The lowest BCUT2D eigenvalue weighted by Gasteiger charge is -2.03. The van der Waals surface area contributed by atoms with Gasteiger partial charge in [0.2, 0.25) is 0 Å². The van der Waals surface area contributed by atoms with Crippen molar-refractivity contribution in [3.05, 3.63) is 40.4 Å². The molecule has 1 N–H and O–H groups in total. The van der Waals surface area contributed by atoms with Crippen LogP contribution in [0, 0.1) is 0 Å². The SMILES string of the molecule is CC(C)NCC=Cc1cccc(Br)c1. The lowest BCUT2D eigenvalue weighted by atomic mass is 10.2. The third kappa shape index (κ3) is 4.58. The molecule has 0 aliphatic rings. The first-order valence-corrected chi connectivity index (χ1v) is 5.63. The molecule has 0 unspecified atom stereocenters. The summed E-state index contributed by atoms with van der Waals surface area (Å²) in [5.41, 5.74) is 1.23. The summed E-state index contributed by atoms with van der Waals surface area (Å²) in [7, 11) is 0. The first kappa shape index (κ1) is 11.5. The molecule has 1 rings (SSSR count). The van der Waals surface area contributed by atoms with Crippen molar-refractivity contribution >= 4 is 22.0 Å². The molecule has 1 aromatic rings. The molecule has 0 spiro atoms. The summed E-state index contributed by atoms with van der Waals surface area (Å²) < 4.78 is 1.12. The van der Waals surface area contributed by atoms with Gasteiger partial charge in [-0.2, -0.15) is 0 Å². The van der Waals surface area contributed by atoms with Gasteiger partial charge in [-0.3, -0.25) is 0 Å². The minimum absolute atomic E-state index is 0.544. The predicted molar refractivity (Wildman–Crippen MR) is 66.3 cm³/mol. The smallest absolute Gasteiger partial charge is 0.0181 e. The first-order valence-electron chi connectivity index (χ1n) is 4.84. The quantitative estimate of drug-likeness (QED) is 0.867. The summed E-state index contributed by atoms with van der Waals surface area (Å²) >= 11 is 3.44. The van der Waals surface area contributed by atoms with E-state index in [2.05, 4.69) is 59.4 Å². The summed E-state index contributed by atoms with van der Waals surface area (Å²) in [6, 6.07) is 8.81. The monoisotopic (exact) mass is 253 g/mol. The molecule has 0 amide bonds. The molecular formula is C12H16BrN. The van der Waals surface area contributed by atoms with Gasteiger partial charge in [0.15, 0.2) is 0 Å². The molecule has 0 aliphatic heterocycles. The van der Waals surface area contributed by atoms with Crippen LogP contribution in [-0.2, 0) is 0 Å². The van der Waals surface area contributed by atoms with Gasteiger partial charge in [-0.15, -0.1) is 0 Å². The Morgan fingerprint density at radius 1 is 1.43 bits per heavy atom. The van der Waals surface area contributed by atoms with Gasteiger partial charge in [-0.05, 0) is 17.7 Å². The van der Waals surface area contributed by atoms with Crippen molar-refractivity contribution in [2.75, 3.05) is 6.54 Å². The molecule has 0 saturated heterocycles. The van der Waals surface area contributed by atoms with Gasteiger partial charge in [-0.25, -0.2) is 0 Å². The number of hydrogen-bond acceptors (Lipinski definition) is 1. The molecule has 0 radical (unpaired) electrons. The number of benzene rings is 1. The largest absolute Gasteiger partial charge is 0.311 e. The topological polar surface area (TPSA) is 12.0 Å². The van der Waals surface area contributed by atoms with Crippen molar-refractivity contribution < 1.29 is 0 Å². The van der Waals surface area contributed by atoms with E-state index in [1.54, 1.807) is 0 Å². The fraction of sp³-hybridized carbons (Fsp3) is 0.333. The zero-order valence-corrected chi connectivity index (χ0v) is 10.2. The molecule has 0 aromatic heterocycles. The van der Waals surface area contributed by atoms with Crippen LogP contribution in [-0.4, -0.2) is 12.6 Å². The van der Waals surface area contributed by atoms with Crippen LogP contribution < -0.4 is 5.32 Å². The lowest BCUT2D eigenvalue weighted by molar-refractivity contribution is 0.633. The maximum Gasteiger partial charge on any atom is 0.0181 e. The van der Waals surface area contributed by atoms with E-state index in [1.165, 1.54) is 5.56 Å². The van der Waals surface area contributed by atoms with Gasteiger partial charge < -0.3 is 5.32 Å². The Bertz CT molecular complexity index is 305. The highest BCUT2D eigenvalue weighted by molar-refractivity contribution is 9.10. The highest BCUT2D eigenvalue weighted by atomic mass is 79.9. The second-order valence-corrected chi connectivity index (χ2v) is 4.44. The maximum atomic E-state index is 3.44. The highest BCUT2D eigenvalue weighted by Crippen LogP contribution is 2.12. The van der Waals surface area contributed by atoms with E-state index in [4.69, 9.17) is 0 Å². The van der Waals surface area contributed by atoms with Gasteiger partial charge in [-0.1, -0.05) is 54.1 Å². The van der Waals surface area contributed by atoms with Crippen LogP contribution in [0.5, 0.6) is 0 Å². The molecule has 14 heavy (non-hydrogen) atoms. The van der Waals surface area contributed by atoms with E-state index in [9.17, 15) is 0 Å². The second-order valence-electron chi connectivity index (χ2n) is 3.52. The van der Waals surface area contributed by atoms with E-state index in [0.717, 1.165) is 11.0 Å². The molecule has 0 aliphatic carbocycles. The Kier molecular flexibility index (Phi) is 4.91. The van der Waals surface area contributed by atoms with E-state index in [1.807, 2.05) is 12.1 Å². The van der Waals surface area contributed by atoms with Gasteiger partial charge >= 0.3 is 0 Å². The van der Waals surface area contributed by atoms with Crippen LogP contribution in [0.4, 0.5) is 0 Å². The molecule has 1 aromatic carbocycles. The van der Waals surface area contributed by atoms with Crippen molar-refractivity contribution in [1.29, 1.82) is 0 Å². The van der Waals surface area contributed by atoms with Crippen LogP contribution in [0.1, 0.15) is 19.4 Å². The summed E-state index contributed by atoms with van der Waals surface area (Å²) in [6.07, 6.45) is 4.27. The molecule has 0 saturated carbocycles. The molecule has 1 nitrogen and oxygen atoms in total. The summed E-state index contributed by atoms with van der Waals surface area (Å²) in [5.74, 6) is 0. The average Bonchev–Trinajstić information content (AvgIpc) is 2.12. The molecule has 0 heterocycles. The van der Waals surface area contributed by atoms with Gasteiger partial charge in [0.25, 0.3) is 0 Å². The van der Waals surface area contributed by atoms with Crippen molar-refractivity contribution in [2.24, 2.45) is 0 Å². The summed E-state index contributed by atoms with van der Waals surface area (Å²) in [4.78, 5) is 0. The van der Waals surface area contributed by atoms with Gasteiger partial charge in [0, 0.05) is 17.1 Å². The number of hydrogen-bond donors (Lipinski definition) is 1. The van der Waals surface area contributed by atoms with E-state index >= 15 is 0 Å². The normalized spacial score (nSPS) is 11.4. The number of halogens is 1. The van der Waals surface area contributed by atoms with E-state index in [-0.39, 0.29) is 0 Å². The fourth-order valence-corrected chi connectivity index (χ4v) is 1.53. The summed E-state index contributed by atoms with van der Waals surface area (Å²) in [6.45, 7) is 5.21. The van der Waals surface area contributed by atoms with Crippen LogP contribution in [0.2, 0.25) is 0 Å². The summed E-state index contributed by atoms with van der Waals surface area (Å²) in [5, 5.41) is 3.33. The second kappa shape index (κ2) is 5.99. The van der Waals surface area contributed by atoms with Gasteiger partial charge in [0.1, 0.15) is 0 Å². The predicted octanol–water partition coefficient (Wildman–Crippen LogP) is 3.46. The number of nitrogens with one attached hydrogen (secondary N) is 1. The van der Waals surface area contributed by atoms with Crippen molar-refractivity contribution in [3.63, 3.8) is 0 Å². The highest BCUT2D eigenvalue weighted by Gasteiger charge is 1.89. The average molecular weight is 254 g/mol. The minimum Gasteiger partial charge on any atom is -0.311 e. The maximum absolute atomic E-state index is 3.44. The van der Waals surface area contributed by atoms with Crippen LogP contribution in [0.3, 0.4) is 0 Å². The number of rotatable bonds is 4. The molecular weight excluding hydrogens is 238 g/mol. The van der Waals surface area contributed by atoms with Crippen LogP contribution in [0.15, 0.2) is 34.8 Å². The van der Waals surface area contributed by atoms with Crippen LogP contribution >= 0.6 is 15.9 Å². The Labute approximate surface area is 94.3 Å². The van der Waals surface area contributed by atoms with Crippen molar-refractivity contribution in [1.82, 2.24) is 5.32 Å². The lowest BCUT2D eigenvalue weighted by Crippen LogP contribution is -2.22. The standard InChI is InChI=1S/C12H16BrN/c1-10(2)14-8-4-6-11-5-3-7-12(13)9-11/h3-7,9-10,14H,8H2,1-2H3. The zero-order valence-electron chi connectivity index (χ0n) is 8.63. The molecule has 2 heteroatoms. The van der Waals surface area contributed by atoms with Crippen molar-refractivity contribution in [3.8, 4) is 0 Å². The third-order valence-electron chi connectivity index (χ3n) is 1.80. The van der Waals surface area contributed by atoms with Crippen LogP contribution in [0.25, 0.3) is 6.08 Å². The van der Waals surface area contributed by atoms with Gasteiger partial charge in [0.05, 0.1) is 0 Å². The first-order chi connectivity index (χ1) is 6.68. The van der Waals surface area contributed by atoms with E-state index < -0.39 is 0 Å². The Hall–Kier alpha value is -0.600. The third-order valence-corrected chi connectivity index (χ3v) is 2.30. The molecule has 76 valence electrons.